The summed E-state index contributed by atoms with van der Waals surface area (Å²) in [5.41, 5.74) is 0.451. The van der Waals surface area contributed by atoms with Gasteiger partial charge in [-0.25, -0.2) is 9.18 Å². The summed E-state index contributed by atoms with van der Waals surface area (Å²) in [5.74, 6) is -3.55. The smallest absolute Gasteiger partial charge is 0.335 e. The second-order valence-corrected chi connectivity index (χ2v) is 12.5. The van der Waals surface area contributed by atoms with Crippen molar-refractivity contribution in [1.82, 2.24) is 4.90 Å². The Balaban J connectivity index is 1.44. The van der Waals surface area contributed by atoms with Gasteiger partial charge in [0.2, 0.25) is 11.8 Å². The molecule has 2 amide bonds. The number of nitrogens with zero attached hydrogens (tertiary/aromatic N) is 2. The standard InChI is InChI=1S/C32H28Cl2FN3O5/c1-43-25-13-17(30(40)41)7-10-23(25)37-12-11-24-26(29(37)39)27(19-3-2-4-21(34)28(19)35)32(38(24)15-16-5-6-16)20-9-8-18(33)14-22(20)36-31(32)42/h2-4,7-10,13-14,16,24,26-27H,5-6,11-12,15H2,1H3,(H,36,42)(H,40,41)/t24-,26+,27-,32+/m0/s1. The minimum absolute atomic E-state index is 0.0233. The molecule has 2 saturated heterocycles. The monoisotopic (exact) mass is 623 g/mol. The van der Waals surface area contributed by atoms with Crippen molar-refractivity contribution in [2.75, 3.05) is 30.4 Å². The number of piperidine rings is 1. The number of rotatable bonds is 6. The van der Waals surface area contributed by atoms with Crippen LogP contribution < -0.4 is 15.0 Å². The number of ether oxygens (including phenoxy) is 1. The van der Waals surface area contributed by atoms with Gasteiger partial charge in [0, 0.05) is 41.3 Å². The summed E-state index contributed by atoms with van der Waals surface area (Å²) in [6.45, 7) is 0.888. The number of likely N-dealkylation sites (tertiary alicyclic amines) is 1. The number of aromatic carboxylic acids is 1. The largest absolute Gasteiger partial charge is 0.495 e. The highest BCUT2D eigenvalue weighted by Gasteiger charge is 2.70. The molecule has 0 radical (unpaired) electrons. The number of fused-ring (bicyclic) bond motifs is 3. The van der Waals surface area contributed by atoms with Crippen molar-refractivity contribution in [3.05, 3.63) is 87.2 Å². The van der Waals surface area contributed by atoms with Gasteiger partial charge in [-0.15, -0.1) is 0 Å². The van der Waals surface area contributed by atoms with Crippen LogP contribution in [0, 0.1) is 17.7 Å². The zero-order chi connectivity index (χ0) is 30.2. The van der Waals surface area contributed by atoms with Gasteiger partial charge in [-0.2, -0.15) is 0 Å². The Morgan fingerprint density at radius 2 is 1.91 bits per heavy atom. The molecule has 0 unspecified atom stereocenters. The number of carbonyl (C=O) groups excluding carboxylic acids is 2. The first-order valence-corrected chi connectivity index (χ1v) is 15.0. The van der Waals surface area contributed by atoms with Crippen molar-refractivity contribution in [2.24, 2.45) is 11.8 Å². The van der Waals surface area contributed by atoms with Crippen LogP contribution >= 0.6 is 23.2 Å². The first kappa shape index (κ1) is 28.1. The zero-order valence-corrected chi connectivity index (χ0v) is 24.7. The lowest BCUT2D eigenvalue weighted by atomic mass is 9.70. The summed E-state index contributed by atoms with van der Waals surface area (Å²) >= 11 is 12.7. The maximum atomic E-state index is 16.1. The SMILES string of the molecule is COc1cc(C(=O)O)ccc1N1CC[C@H]2[C@@H](C1=O)[C@H](c1cccc(Cl)c1F)[C@]1(C(=O)Nc3cc(Cl)ccc31)N2CC1CC1. The highest BCUT2D eigenvalue weighted by Crippen LogP contribution is 2.62. The molecule has 4 atom stereocenters. The molecule has 3 aromatic rings. The number of methoxy groups -OCH3 is 1. The second-order valence-electron chi connectivity index (χ2n) is 11.7. The number of anilines is 2. The Labute approximate surface area is 257 Å². The summed E-state index contributed by atoms with van der Waals surface area (Å²) in [6.07, 6.45) is 2.54. The summed E-state index contributed by atoms with van der Waals surface area (Å²) in [5, 5.41) is 12.9. The van der Waals surface area contributed by atoms with Crippen LogP contribution in [0.5, 0.6) is 5.75 Å². The van der Waals surface area contributed by atoms with Crippen molar-refractivity contribution in [3.63, 3.8) is 0 Å². The molecule has 2 N–H and O–H groups in total. The van der Waals surface area contributed by atoms with Gasteiger partial charge in [-0.3, -0.25) is 14.5 Å². The van der Waals surface area contributed by atoms with Gasteiger partial charge in [-0.1, -0.05) is 41.4 Å². The third-order valence-corrected chi connectivity index (χ3v) is 9.98. The average molecular weight is 624 g/mol. The molecule has 3 aliphatic heterocycles. The van der Waals surface area contributed by atoms with E-state index in [1.54, 1.807) is 41.3 Å². The van der Waals surface area contributed by atoms with Crippen LogP contribution in [0.3, 0.4) is 0 Å². The Bertz CT molecular complexity index is 1700. The molecule has 1 aliphatic carbocycles. The van der Waals surface area contributed by atoms with Crippen LogP contribution in [0.4, 0.5) is 15.8 Å². The summed E-state index contributed by atoms with van der Waals surface area (Å²) in [7, 11) is 1.42. The molecule has 11 heteroatoms. The number of hydrogen-bond donors (Lipinski definition) is 2. The molecule has 3 fully saturated rings. The Morgan fingerprint density at radius 1 is 1.12 bits per heavy atom. The molecule has 7 rings (SSSR count). The molecular weight excluding hydrogens is 596 g/mol. The quantitative estimate of drug-likeness (QED) is 0.354. The van der Waals surface area contributed by atoms with Gasteiger partial charge < -0.3 is 20.1 Å². The van der Waals surface area contributed by atoms with Crippen LogP contribution in [0.1, 0.15) is 46.7 Å². The molecular formula is C32H28Cl2FN3O5. The van der Waals surface area contributed by atoms with E-state index in [9.17, 15) is 19.5 Å². The molecule has 222 valence electrons. The van der Waals surface area contributed by atoms with Crippen LogP contribution in [0.2, 0.25) is 10.0 Å². The van der Waals surface area contributed by atoms with Crippen LogP contribution in [-0.2, 0) is 15.1 Å². The van der Waals surface area contributed by atoms with E-state index >= 15 is 4.39 Å². The highest BCUT2D eigenvalue weighted by atomic mass is 35.5. The topological polar surface area (TPSA) is 99.2 Å². The van der Waals surface area contributed by atoms with E-state index in [2.05, 4.69) is 10.2 Å². The van der Waals surface area contributed by atoms with Gasteiger partial charge in [0.25, 0.3) is 0 Å². The average Bonchev–Trinajstić information content (AvgIpc) is 3.70. The Hall–Kier alpha value is -3.66. The predicted molar refractivity (Wildman–Crippen MR) is 160 cm³/mol. The number of halogens is 3. The third-order valence-electron chi connectivity index (χ3n) is 9.45. The number of carboxylic acids is 1. The van der Waals surface area contributed by atoms with Crippen LogP contribution in [0.25, 0.3) is 0 Å². The first-order chi connectivity index (χ1) is 20.7. The van der Waals surface area contributed by atoms with Crippen molar-refractivity contribution >= 4 is 52.4 Å². The number of hydrogen-bond acceptors (Lipinski definition) is 5. The molecule has 1 saturated carbocycles. The van der Waals surface area contributed by atoms with Crippen molar-refractivity contribution in [3.8, 4) is 5.75 Å². The predicted octanol–water partition coefficient (Wildman–Crippen LogP) is 5.92. The number of carboxylic acid groups (broad SMARTS) is 1. The fourth-order valence-electron chi connectivity index (χ4n) is 7.51. The fourth-order valence-corrected chi connectivity index (χ4v) is 7.86. The van der Waals surface area contributed by atoms with Gasteiger partial charge >= 0.3 is 5.97 Å². The molecule has 3 heterocycles. The van der Waals surface area contributed by atoms with Crippen LogP contribution in [0.15, 0.2) is 54.6 Å². The summed E-state index contributed by atoms with van der Waals surface area (Å²) in [4.78, 5) is 44.5. The molecule has 43 heavy (non-hydrogen) atoms. The van der Waals surface area contributed by atoms with E-state index in [-0.39, 0.29) is 39.8 Å². The van der Waals surface area contributed by atoms with E-state index in [0.717, 1.165) is 12.8 Å². The number of nitrogens with one attached hydrogen (secondary N) is 1. The van der Waals surface area contributed by atoms with Gasteiger partial charge in [0.05, 0.1) is 29.3 Å². The third kappa shape index (κ3) is 4.16. The first-order valence-electron chi connectivity index (χ1n) is 14.2. The molecule has 0 bridgehead atoms. The molecule has 3 aromatic carbocycles. The Kier molecular flexibility index (Phi) is 6.68. The van der Waals surface area contributed by atoms with E-state index in [4.69, 9.17) is 27.9 Å². The van der Waals surface area contributed by atoms with Crippen molar-refractivity contribution in [1.29, 1.82) is 0 Å². The second kappa shape index (κ2) is 10.2. The van der Waals surface area contributed by atoms with Crippen LogP contribution in [-0.4, -0.2) is 54.0 Å². The normalized spacial score (nSPS) is 26.4. The molecule has 8 nitrogen and oxygen atoms in total. The van der Waals surface area contributed by atoms with Gasteiger partial charge in [0.15, 0.2) is 0 Å². The maximum absolute atomic E-state index is 16.1. The van der Waals surface area contributed by atoms with Gasteiger partial charge in [0.1, 0.15) is 17.1 Å². The fraction of sp³-hybridized carbons (Fsp3) is 0.344. The number of carbonyl (C=O) groups is 3. The molecule has 1 spiro atoms. The van der Waals surface area contributed by atoms with E-state index in [1.807, 2.05) is 0 Å². The molecule has 4 aliphatic rings. The maximum Gasteiger partial charge on any atom is 0.335 e. The van der Waals surface area contributed by atoms with E-state index in [0.29, 0.717) is 47.4 Å². The molecule has 0 aromatic heterocycles. The lowest BCUT2D eigenvalue weighted by Crippen LogP contribution is -2.54. The van der Waals surface area contributed by atoms with Crippen molar-refractivity contribution < 1.29 is 28.6 Å². The lowest BCUT2D eigenvalue weighted by molar-refractivity contribution is -0.128. The Morgan fingerprint density at radius 3 is 2.63 bits per heavy atom. The lowest BCUT2D eigenvalue weighted by Gasteiger charge is -2.40. The van der Waals surface area contributed by atoms with E-state index < -0.39 is 29.2 Å². The summed E-state index contributed by atoms with van der Waals surface area (Å²) in [6, 6.07) is 13.9. The van der Waals surface area contributed by atoms with E-state index in [1.165, 1.54) is 25.3 Å². The number of benzene rings is 3. The van der Waals surface area contributed by atoms with Crippen molar-refractivity contribution in [2.45, 2.75) is 36.8 Å². The minimum Gasteiger partial charge on any atom is -0.495 e. The van der Waals surface area contributed by atoms with Gasteiger partial charge in [-0.05, 0) is 67.1 Å². The zero-order valence-electron chi connectivity index (χ0n) is 23.1. The highest BCUT2D eigenvalue weighted by molar-refractivity contribution is 6.31. The summed E-state index contributed by atoms with van der Waals surface area (Å²) < 4.78 is 21.6. The number of amides is 2. The minimum atomic E-state index is -1.38.